The molecule has 1 aliphatic carbocycles. The van der Waals surface area contributed by atoms with Crippen LogP contribution in [0.3, 0.4) is 0 Å². The fourth-order valence-electron chi connectivity index (χ4n) is 5.79. The maximum atomic E-state index is 4.89. The first-order chi connectivity index (χ1) is 19.9. The Labute approximate surface area is 268 Å². The van der Waals surface area contributed by atoms with Crippen LogP contribution in [0.1, 0.15) is 42.7 Å². The Balaban J connectivity index is 0.000000212. The average Bonchev–Trinajstić information content (AvgIpc) is 3.67. The van der Waals surface area contributed by atoms with Crippen LogP contribution in [0.15, 0.2) is 91.3 Å². The first kappa shape index (κ1) is 30.5. The zero-order valence-corrected chi connectivity index (χ0v) is 28.9. The van der Waals surface area contributed by atoms with Gasteiger partial charge in [0.15, 0.2) is 0 Å². The first-order valence-electron chi connectivity index (χ1n) is 14.6. The van der Waals surface area contributed by atoms with Crippen molar-refractivity contribution in [1.82, 2.24) is 9.97 Å². The van der Waals surface area contributed by atoms with Crippen molar-refractivity contribution in [2.75, 3.05) is 0 Å². The largest absolute Gasteiger partial charge is 0.304 e. The van der Waals surface area contributed by atoms with Gasteiger partial charge in [0, 0.05) is 45.3 Å². The molecule has 1 fully saturated rings. The third kappa shape index (κ3) is 6.50. The predicted octanol–water partition coefficient (Wildman–Crippen LogP) is 9.97. The van der Waals surface area contributed by atoms with Crippen LogP contribution in [-0.4, -0.2) is 18.0 Å². The van der Waals surface area contributed by atoms with Crippen LogP contribution in [0.4, 0.5) is 0 Å². The molecule has 0 aliphatic heterocycles. The molecule has 0 spiro atoms. The van der Waals surface area contributed by atoms with E-state index in [4.69, 9.17) is 4.98 Å². The van der Waals surface area contributed by atoms with Crippen LogP contribution >= 0.6 is 11.3 Å². The molecular weight excluding hydrogens is 725 g/mol. The summed E-state index contributed by atoms with van der Waals surface area (Å²) in [6, 6.07) is 34.3. The van der Waals surface area contributed by atoms with Crippen molar-refractivity contribution >= 4 is 44.8 Å². The van der Waals surface area contributed by atoms with Crippen molar-refractivity contribution < 1.29 is 20.1 Å². The average molecular weight is 761 g/mol. The van der Waals surface area contributed by atoms with E-state index in [-0.39, 0.29) is 20.1 Å². The molecule has 7 rings (SSSR count). The standard InChI is InChI=1S/C25H26NSSi.C12H10N.Ir/c1-28(2,3)23-15-13-19(25-24(23)20-10-6-7-11-22(20)27-25)21-14-12-18(16-26-21)17-8-4-5-9-17;1-10-7-8-12(13-9-10)11-5-3-2-4-6-11;/h6-7,10-12,14-17H,4-5,8-9H2,1-3H3;2-5,7-9H,1H3;/q2*-1;. The number of pyridine rings is 2. The van der Waals surface area contributed by atoms with Crippen LogP contribution < -0.4 is 5.19 Å². The van der Waals surface area contributed by atoms with E-state index in [1.54, 1.807) is 0 Å². The van der Waals surface area contributed by atoms with Gasteiger partial charge in [0.2, 0.25) is 0 Å². The van der Waals surface area contributed by atoms with Gasteiger partial charge in [0.05, 0.1) is 0 Å². The van der Waals surface area contributed by atoms with Gasteiger partial charge < -0.3 is 9.97 Å². The number of aryl methyl sites for hydroxylation is 1. The second-order valence-corrected chi connectivity index (χ2v) is 18.2. The molecule has 1 saturated carbocycles. The Bertz CT molecular complexity index is 1770. The fourth-order valence-corrected chi connectivity index (χ4v) is 8.63. The monoisotopic (exact) mass is 761 g/mol. The molecule has 42 heavy (non-hydrogen) atoms. The zero-order chi connectivity index (χ0) is 28.4. The van der Waals surface area contributed by atoms with Crippen LogP contribution in [0.25, 0.3) is 42.7 Å². The van der Waals surface area contributed by atoms with E-state index in [9.17, 15) is 0 Å². The van der Waals surface area contributed by atoms with Crippen molar-refractivity contribution in [3.63, 3.8) is 0 Å². The van der Waals surface area contributed by atoms with E-state index in [0.29, 0.717) is 5.92 Å². The summed E-state index contributed by atoms with van der Waals surface area (Å²) < 4.78 is 2.71. The van der Waals surface area contributed by atoms with E-state index < -0.39 is 8.07 Å². The summed E-state index contributed by atoms with van der Waals surface area (Å²) in [6.07, 6.45) is 9.35. The molecule has 0 saturated heterocycles. The Morgan fingerprint density at radius 2 is 1.55 bits per heavy atom. The minimum Gasteiger partial charge on any atom is -0.304 e. The summed E-state index contributed by atoms with van der Waals surface area (Å²) >= 11 is 1.89. The van der Waals surface area contributed by atoms with E-state index in [2.05, 4.69) is 91.5 Å². The van der Waals surface area contributed by atoms with Gasteiger partial charge in [0.1, 0.15) is 0 Å². The molecule has 2 nitrogen and oxygen atoms in total. The van der Waals surface area contributed by atoms with Gasteiger partial charge in [-0.05, 0) is 64.4 Å². The van der Waals surface area contributed by atoms with Crippen molar-refractivity contribution in [3.05, 3.63) is 115 Å². The molecule has 1 aliphatic rings. The maximum absolute atomic E-state index is 4.89. The second kappa shape index (κ2) is 13.1. The molecule has 6 aromatic rings. The number of thiophene rings is 1. The summed E-state index contributed by atoms with van der Waals surface area (Å²) in [7, 11) is -1.47. The van der Waals surface area contributed by atoms with Gasteiger partial charge in [0.25, 0.3) is 0 Å². The van der Waals surface area contributed by atoms with Crippen LogP contribution in [0.2, 0.25) is 19.6 Å². The molecule has 0 amide bonds. The predicted molar refractivity (Wildman–Crippen MR) is 179 cm³/mol. The van der Waals surface area contributed by atoms with Gasteiger partial charge in [-0.3, -0.25) is 0 Å². The van der Waals surface area contributed by atoms with Crippen LogP contribution in [-0.2, 0) is 20.1 Å². The molecule has 3 heterocycles. The molecule has 0 N–H and O–H groups in total. The smallest absolute Gasteiger partial charge is 0.0300 e. The topological polar surface area (TPSA) is 25.8 Å². The molecule has 0 unspecified atom stereocenters. The van der Waals surface area contributed by atoms with Gasteiger partial charge in [-0.1, -0.05) is 80.3 Å². The normalized spacial score (nSPS) is 13.5. The third-order valence-electron chi connectivity index (χ3n) is 8.03. The van der Waals surface area contributed by atoms with Gasteiger partial charge >= 0.3 is 0 Å². The number of hydrogen-bond acceptors (Lipinski definition) is 3. The van der Waals surface area contributed by atoms with E-state index in [1.165, 1.54) is 62.2 Å². The maximum Gasteiger partial charge on any atom is 0.0300 e. The van der Waals surface area contributed by atoms with Crippen molar-refractivity contribution in [2.24, 2.45) is 0 Å². The van der Waals surface area contributed by atoms with E-state index in [1.807, 2.05) is 54.8 Å². The summed E-state index contributed by atoms with van der Waals surface area (Å²) in [5, 5.41) is 4.33. The molecule has 1 radical (unpaired) electrons. The van der Waals surface area contributed by atoms with Crippen molar-refractivity contribution in [2.45, 2.75) is 58.2 Å². The number of nitrogens with zero attached hydrogens (tertiary/aromatic N) is 2. The van der Waals surface area contributed by atoms with Crippen LogP contribution in [0, 0.1) is 19.1 Å². The molecule has 5 heteroatoms. The number of aromatic nitrogens is 2. The van der Waals surface area contributed by atoms with E-state index in [0.717, 1.165) is 22.5 Å². The number of rotatable bonds is 4. The number of benzene rings is 3. The minimum absolute atomic E-state index is 0. The molecular formula is C37H36IrN2SSi-2. The molecule has 0 atom stereocenters. The molecule has 3 aromatic carbocycles. The molecule has 215 valence electrons. The Hall–Kier alpha value is -2.95. The molecule has 3 aromatic heterocycles. The molecule has 0 bridgehead atoms. The Morgan fingerprint density at radius 1 is 0.810 bits per heavy atom. The third-order valence-corrected chi connectivity index (χ3v) is 11.2. The summed E-state index contributed by atoms with van der Waals surface area (Å²) in [6.45, 7) is 9.31. The van der Waals surface area contributed by atoms with Crippen molar-refractivity contribution in [3.8, 4) is 22.5 Å². The minimum atomic E-state index is -1.47. The fraction of sp³-hybridized carbons (Fsp3) is 0.243. The van der Waals surface area contributed by atoms with Crippen LogP contribution in [0.5, 0.6) is 0 Å². The van der Waals surface area contributed by atoms with Gasteiger partial charge in [-0.15, -0.1) is 58.8 Å². The summed E-state index contributed by atoms with van der Waals surface area (Å²) in [5.74, 6) is 0.712. The summed E-state index contributed by atoms with van der Waals surface area (Å²) in [4.78, 5) is 9.21. The Morgan fingerprint density at radius 3 is 2.21 bits per heavy atom. The number of fused-ring (bicyclic) bond motifs is 3. The van der Waals surface area contributed by atoms with Crippen molar-refractivity contribution in [1.29, 1.82) is 0 Å². The van der Waals surface area contributed by atoms with Gasteiger partial charge in [-0.2, -0.15) is 11.3 Å². The first-order valence-corrected chi connectivity index (χ1v) is 18.9. The SMILES string of the molecule is C[Si](C)(C)c1c[c-]c(-c2ccc(C3CCCC3)cn2)c2sc3ccccc3c12.Cc1ccc(-c2[c-]cccc2)nc1.[Ir]. The summed E-state index contributed by atoms with van der Waals surface area (Å²) in [5.41, 5.74) is 6.83. The quantitative estimate of drug-likeness (QED) is 0.132. The van der Waals surface area contributed by atoms with Gasteiger partial charge in [-0.25, -0.2) is 0 Å². The van der Waals surface area contributed by atoms with E-state index >= 15 is 0 Å². The Kier molecular flexibility index (Phi) is 9.54. The zero-order valence-electron chi connectivity index (χ0n) is 24.7. The number of hydrogen-bond donors (Lipinski definition) is 0. The second-order valence-electron chi connectivity index (χ2n) is 12.1.